The number of anilines is 1. The van der Waals surface area contributed by atoms with Gasteiger partial charge < -0.3 is 15.9 Å². The summed E-state index contributed by atoms with van der Waals surface area (Å²) < 4.78 is 0. The molecular formula is C6H6N2O5S. The molecule has 0 aliphatic carbocycles. The fourth-order valence-electron chi connectivity index (χ4n) is 0.604. The molecule has 1 aromatic rings. The van der Waals surface area contributed by atoms with Crippen molar-refractivity contribution in [3.8, 4) is 0 Å². The van der Waals surface area contributed by atoms with Gasteiger partial charge in [-0.1, -0.05) is 0 Å². The lowest BCUT2D eigenvalue weighted by Crippen LogP contribution is -2.13. The SMILES string of the molecule is O.O=CNc1nc(C(=O)C(=O)O)cs1. The van der Waals surface area contributed by atoms with E-state index in [2.05, 4.69) is 10.3 Å². The zero-order valence-corrected chi connectivity index (χ0v) is 7.50. The van der Waals surface area contributed by atoms with Crippen molar-refractivity contribution in [3.05, 3.63) is 11.1 Å². The monoisotopic (exact) mass is 218 g/mol. The zero-order chi connectivity index (χ0) is 9.84. The van der Waals surface area contributed by atoms with Crippen molar-refractivity contribution in [2.45, 2.75) is 0 Å². The average molecular weight is 218 g/mol. The summed E-state index contributed by atoms with van der Waals surface area (Å²) in [5.74, 6) is -2.65. The summed E-state index contributed by atoms with van der Waals surface area (Å²) in [6.45, 7) is 0. The van der Waals surface area contributed by atoms with E-state index in [0.717, 1.165) is 11.3 Å². The molecule has 76 valence electrons. The number of hydrogen-bond donors (Lipinski definition) is 2. The third-order valence-corrected chi connectivity index (χ3v) is 1.89. The molecule has 0 aliphatic rings. The summed E-state index contributed by atoms with van der Waals surface area (Å²) in [6, 6.07) is 0. The highest BCUT2D eigenvalue weighted by atomic mass is 32.1. The van der Waals surface area contributed by atoms with Crippen LogP contribution in [0.25, 0.3) is 0 Å². The molecule has 7 nitrogen and oxygen atoms in total. The number of Topliss-reactive ketones (excluding diaryl/α,β-unsaturated/α-hetero) is 1. The van der Waals surface area contributed by atoms with E-state index >= 15 is 0 Å². The molecule has 0 unspecified atom stereocenters. The molecule has 0 bridgehead atoms. The van der Waals surface area contributed by atoms with Crippen LogP contribution in [-0.2, 0) is 9.59 Å². The molecule has 0 aromatic carbocycles. The lowest BCUT2D eigenvalue weighted by molar-refractivity contribution is -0.131. The number of amides is 1. The van der Waals surface area contributed by atoms with Crippen LogP contribution in [0.5, 0.6) is 0 Å². The Morgan fingerprint density at radius 1 is 1.57 bits per heavy atom. The Balaban J connectivity index is 0.00000169. The second-order valence-electron chi connectivity index (χ2n) is 1.93. The summed E-state index contributed by atoms with van der Waals surface area (Å²) in [7, 11) is 0. The number of carboxylic acid groups (broad SMARTS) is 1. The van der Waals surface area contributed by atoms with E-state index in [4.69, 9.17) is 5.11 Å². The van der Waals surface area contributed by atoms with Gasteiger partial charge >= 0.3 is 5.97 Å². The molecule has 0 spiro atoms. The number of ketones is 1. The van der Waals surface area contributed by atoms with E-state index in [0.29, 0.717) is 6.41 Å². The normalized spacial score (nSPS) is 8.57. The molecule has 0 saturated carbocycles. The van der Waals surface area contributed by atoms with Crippen molar-refractivity contribution in [1.82, 2.24) is 4.98 Å². The highest BCUT2D eigenvalue weighted by Crippen LogP contribution is 2.14. The summed E-state index contributed by atoms with van der Waals surface area (Å²) in [5.41, 5.74) is -0.179. The summed E-state index contributed by atoms with van der Waals surface area (Å²) in [6.07, 6.45) is 0.397. The molecule has 0 saturated heterocycles. The van der Waals surface area contributed by atoms with Crippen LogP contribution < -0.4 is 5.32 Å². The predicted molar refractivity (Wildman–Crippen MR) is 47.4 cm³/mol. The van der Waals surface area contributed by atoms with E-state index in [9.17, 15) is 14.4 Å². The molecule has 14 heavy (non-hydrogen) atoms. The predicted octanol–water partition coefficient (Wildman–Crippen LogP) is -0.846. The van der Waals surface area contributed by atoms with Gasteiger partial charge in [-0.3, -0.25) is 9.59 Å². The van der Waals surface area contributed by atoms with Crippen LogP contribution in [0.1, 0.15) is 10.5 Å². The van der Waals surface area contributed by atoms with Crippen molar-refractivity contribution in [3.63, 3.8) is 0 Å². The number of carbonyl (C=O) groups excluding carboxylic acids is 2. The van der Waals surface area contributed by atoms with Crippen LogP contribution in [0.15, 0.2) is 5.38 Å². The fraction of sp³-hybridized carbons (Fsp3) is 0. The van der Waals surface area contributed by atoms with Gasteiger partial charge in [0.1, 0.15) is 5.69 Å². The number of nitrogens with zero attached hydrogens (tertiary/aromatic N) is 1. The van der Waals surface area contributed by atoms with Gasteiger partial charge in [0.15, 0.2) is 5.13 Å². The second kappa shape index (κ2) is 5.04. The van der Waals surface area contributed by atoms with Gasteiger partial charge in [-0.2, -0.15) is 0 Å². The second-order valence-corrected chi connectivity index (χ2v) is 2.79. The van der Waals surface area contributed by atoms with Gasteiger partial charge in [0.2, 0.25) is 6.41 Å². The maximum absolute atomic E-state index is 10.8. The Bertz CT molecular complexity index is 361. The first-order valence-electron chi connectivity index (χ1n) is 3.08. The minimum absolute atomic E-state index is 0. The van der Waals surface area contributed by atoms with E-state index < -0.39 is 11.8 Å². The van der Waals surface area contributed by atoms with Crippen molar-refractivity contribution in [2.24, 2.45) is 0 Å². The minimum atomic E-state index is -1.57. The Morgan fingerprint density at radius 3 is 2.71 bits per heavy atom. The molecule has 1 aromatic heterocycles. The van der Waals surface area contributed by atoms with Gasteiger partial charge in [-0.15, -0.1) is 11.3 Å². The van der Waals surface area contributed by atoms with Crippen molar-refractivity contribution in [1.29, 1.82) is 0 Å². The fourth-order valence-corrected chi connectivity index (χ4v) is 1.25. The van der Waals surface area contributed by atoms with E-state index in [-0.39, 0.29) is 16.3 Å². The van der Waals surface area contributed by atoms with E-state index in [1.165, 1.54) is 5.38 Å². The summed E-state index contributed by atoms with van der Waals surface area (Å²) in [4.78, 5) is 34.5. The molecule has 1 amide bonds. The van der Waals surface area contributed by atoms with Crippen molar-refractivity contribution < 1.29 is 25.0 Å². The van der Waals surface area contributed by atoms with Crippen LogP contribution in [0, 0.1) is 0 Å². The van der Waals surface area contributed by atoms with Crippen molar-refractivity contribution in [2.75, 3.05) is 5.32 Å². The zero-order valence-electron chi connectivity index (χ0n) is 6.68. The average Bonchev–Trinajstić information content (AvgIpc) is 2.52. The standard InChI is InChI=1S/C6H4N2O4S.H2O/c9-2-7-6-8-3(1-13-6)4(10)5(11)12;/h1-2H,(H,11,12)(H,7,8,9);1H2. The lowest BCUT2D eigenvalue weighted by atomic mass is 10.3. The van der Waals surface area contributed by atoms with E-state index in [1.807, 2.05) is 0 Å². The third kappa shape index (κ3) is 2.61. The first kappa shape index (κ1) is 12.2. The van der Waals surface area contributed by atoms with E-state index in [1.54, 1.807) is 0 Å². The summed E-state index contributed by atoms with van der Waals surface area (Å²) in [5, 5.41) is 12.0. The Hall–Kier alpha value is -1.80. The minimum Gasteiger partial charge on any atom is -0.475 e. The smallest absolute Gasteiger partial charge is 0.378 e. The van der Waals surface area contributed by atoms with Crippen LogP contribution in [0.3, 0.4) is 0 Å². The molecule has 4 N–H and O–H groups in total. The number of carboxylic acids is 1. The van der Waals surface area contributed by atoms with Gasteiger partial charge in [0, 0.05) is 5.38 Å². The first-order chi connectivity index (χ1) is 6.15. The number of nitrogens with one attached hydrogen (secondary N) is 1. The maximum atomic E-state index is 10.8. The Kier molecular flexibility index (Phi) is 4.40. The van der Waals surface area contributed by atoms with Crippen LogP contribution >= 0.6 is 11.3 Å². The molecule has 0 fully saturated rings. The first-order valence-corrected chi connectivity index (χ1v) is 3.96. The molecule has 0 atom stereocenters. The largest absolute Gasteiger partial charge is 0.475 e. The number of thiazole rings is 1. The van der Waals surface area contributed by atoms with Crippen LogP contribution in [0.2, 0.25) is 0 Å². The molecule has 1 heterocycles. The van der Waals surface area contributed by atoms with Crippen molar-refractivity contribution >= 4 is 34.6 Å². The third-order valence-electron chi connectivity index (χ3n) is 1.11. The number of aliphatic carboxylic acids is 1. The van der Waals surface area contributed by atoms with Crippen LogP contribution in [-0.4, -0.2) is 33.7 Å². The molecule has 0 aliphatic heterocycles. The van der Waals surface area contributed by atoms with Gasteiger partial charge in [-0.05, 0) is 0 Å². The highest BCUT2D eigenvalue weighted by Gasteiger charge is 2.17. The number of rotatable bonds is 4. The maximum Gasteiger partial charge on any atom is 0.378 e. The number of carbonyl (C=O) groups is 3. The Labute approximate surface area is 81.7 Å². The molecule has 1 rings (SSSR count). The van der Waals surface area contributed by atoms with Gasteiger partial charge in [0.25, 0.3) is 5.78 Å². The quantitative estimate of drug-likeness (QED) is 0.386. The molecular weight excluding hydrogens is 212 g/mol. The van der Waals surface area contributed by atoms with Gasteiger partial charge in [0.05, 0.1) is 0 Å². The molecule has 0 radical (unpaired) electrons. The number of aromatic nitrogens is 1. The lowest BCUT2D eigenvalue weighted by Gasteiger charge is -1.87. The topological polar surface area (TPSA) is 128 Å². The Morgan fingerprint density at radius 2 is 2.21 bits per heavy atom. The number of hydrogen-bond acceptors (Lipinski definition) is 5. The van der Waals surface area contributed by atoms with Gasteiger partial charge in [-0.25, -0.2) is 9.78 Å². The summed E-state index contributed by atoms with van der Waals surface area (Å²) >= 11 is 0.982. The molecule has 8 heteroatoms. The van der Waals surface area contributed by atoms with Crippen LogP contribution in [0.4, 0.5) is 5.13 Å². The highest BCUT2D eigenvalue weighted by molar-refractivity contribution is 7.14.